The minimum Gasteiger partial charge on any atom is -0.357 e. The van der Waals surface area contributed by atoms with Gasteiger partial charge in [0, 0.05) is 19.0 Å². The zero-order valence-electron chi connectivity index (χ0n) is 14.3. The monoisotopic (exact) mass is 320 g/mol. The van der Waals surface area contributed by atoms with Crippen molar-refractivity contribution in [2.75, 3.05) is 6.54 Å². The number of aryl methyl sites for hydroxylation is 1. The van der Waals surface area contributed by atoms with Crippen molar-refractivity contribution < 1.29 is 4.52 Å². The van der Waals surface area contributed by atoms with Crippen LogP contribution in [0.15, 0.2) is 15.8 Å². The second kappa shape index (κ2) is 7.21. The van der Waals surface area contributed by atoms with Crippen LogP contribution in [-0.4, -0.2) is 37.4 Å². The van der Waals surface area contributed by atoms with Crippen molar-refractivity contribution in [2.24, 2.45) is 12.0 Å². The predicted octanol–water partition coefficient (Wildman–Crippen LogP) is 0.751. The molecule has 0 unspecified atom stereocenters. The fraction of sp³-hybridized carbons (Fsp3) is 0.643. The fourth-order valence-corrected chi connectivity index (χ4v) is 1.76. The fourth-order valence-electron chi connectivity index (χ4n) is 1.76. The third-order valence-corrected chi connectivity index (χ3v) is 3.05. The number of rotatable bonds is 5. The van der Waals surface area contributed by atoms with Gasteiger partial charge in [-0.15, -0.1) is 0 Å². The van der Waals surface area contributed by atoms with Crippen LogP contribution in [0.3, 0.4) is 0 Å². The quantitative estimate of drug-likeness (QED) is 0.618. The molecule has 0 aromatic carbocycles. The van der Waals surface area contributed by atoms with E-state index in [4.69, 9.17) is 4.52 Å². The molecule has 0 saturated heterocycles. The van der Waals surface area contributed by atoms with Crippen LogP contribution in [0.4, 0.5) is 0 Å². The molecular weight excluding hydrogens is 296 g/mol. The standard InChI is InChI=1S/C14H24N8O/c1-6-15-13(17-8-11-18-9-19-22(11)5)16-7-10-20-12(23-21-10)14(2,3)4/h9H,6-8H2,1-5H3,(H2,15,16,17). The van der Waals surface area contributed by atoms with E-state index in [1.165, 1.54) is 6.33 Å². The van der Waals surface area contributed by atoms with Crippen molar-refractivity contribution in [1.82, 2.24) is 35.5 Å². The van der Waals surface area contributed by atoms with Gasteiger partial charge in [-0.2, -0.15) is 10.1 Å². The van der Waals surface area contributed by atoms with Gasteiger partial charge >= 0.3 is 0 Å². The summed E-state index contributed by atoms with van der Waals surface area (Å²) in [7, 11) is 1.85. The third-order valence-electron chi connectivity index (χ3n) is 3.05. The molecule has 0 fully saturated rings. The molecule has 0 radical (unpaired) electrons. The molecule has 2 aromatic heterocycles. The van der Waals surface area contributed by atoms with Crippen LogP contribution in [0.25, 0.3) is 0 Å². The van der Waals surface area contributed by atoms with Gasteiger partial charge in [-0.1, -0.05) is 25.9 Å². The van der Waals surface area contributed by atoms with Gasteiger partial charge in [0.1, 0.15) is 18.7 Å². The maximum atomic E-state index is 5.26. The summed E-state index contributed by atoms with van der Waals surface area (Å²) in [4.78, 5) is 13.0. The molecule has 0 aliphatic rings. The van der Waals surface area contributed by atoms with Gasteiger partial charge in [0.15, 0.2) is 11.8 Å². The Kier molecular flexibility index (Phi) is 5.30. The van der Waals surface area contributed by atoms with E-state index in [9.17, 15) is 0 Å². The Bertz CT molecular complexity index is 652. The van der Waals surface area contributed by atoms with Crippen LogP contribution in [0.5, 0.6) is 0 Å². The van der Waals surface area contributed by atoms with Gasteiger partial charge < -0.3 is 15.2 Å². The predicted molar refractivity (Wildman–Crippen MR) is 85.7 cm³/mol. The largest absolute Gasteiger partial charge is 0.357 e. The van der Waals surface area contributed by atoms with E-state index < -0.39 is 0 Å². The summed E-state index contributed by atoms with van der Waals surface area (Å²) in [6.45, 7) is 9.71. The Morgan fingerprint density at radius 3 is 2.70 bits per heavy atom. The smallest absolute Gasteiger partial charge is 0.232 e. The maximum Gasteiger partial charge on any atom is 0.232 e. The molecule has 23 heavy (non-hydrogen) atoms. The molecule has 9 nitrogen and oxygen atoms in total. The molecule has 0 amide bonds. The normalized spacial score (nSPS) is 12.5. The molecule has 0 atom stereocenters. The number of hydrogen-bond acceptors (Lipinski definition) is 6. The Balaban J connectivity index is 1.98. The molecule has 126 valence electrons. The average molecular weight is 320 g/mol. The highest BCUT2D eigenvalue weighted by molar-refractivity contribution is 5.79. The van der Waals surface area contributed by atoms with Crippen molar-refractivity contribution in [1.29, 1.82) is 0 Å². The lowest BCUT2D eigenvalue weighted by Crippen LogP contribution is -2.37. The number of nitrogens with one attached hydrogen (secondary N) is 2. The zero-order valence-corrected chi connectivity index (χ0v) is 14.3. The van der Waals surface area contributed by atoms with Gasteiger partial charge in [-0.05, 0) is 6.92 Å². The van der Waals surface area contributed by atoms with Crippen LogP contribution in [0.2, 0.25) is 0 Å². The number of aliphatic imine (C=N–C) groups is 1. The Morgan fingerprint density at radius 2 is 2.13 bits per heavy atom. The van der Waals surface area contributed by atoms with E-state index in [2.05, 4.69) is 35.8 Å². The molecule has 2 N–H and O–H groups in total. The average Bonchev–Trinajstić information content (AvgIpc) is 3.10. The first-order valence-electron chi connectivity index (χ1n) is 7.58. The Hall–Kier alpha value is -2.45. The van der Waals surface area contributed by atoms with Gasteiger partial charge in [-0.3, -0.25) is 4.68 Å². The first kappa shape index (κ1) is 16.9. The van der Waals surface area contributed by atoms with Crippen molar-refractivity contribution in [3.8, 4) is 0 Å². The summed E-state index contributed by atoms with van der Waals surface area (Å²) >= 11 is 0. The lowest BCUT2D eigenvalue weighted by Gasteiger charge is -2.10. The molecule has 9 heteroatoms. The molecule has 0 aliphatic heterocycles. The van der Waals surface area contributed by atoms with E-state index in [1.807, 2.05) is 34.7 Å². The number of nitrogens with zero attached hydrogens (tertiary/aromatic N) is 6. The van der Waals surface area contributed by atoms with Gasteiger partial charge in [0.05, 0.1) is 6.54 Å². The number of aromatic nitrogens is 5. The topological polar surface area (TPSA) is 106 Å². The second-order valence-electron chi connectivity index (χ2n) is 6.11. The first-order chi connectivity index (χ1) is 10.9. The van der Waals surface area contributed by atoms with Crippen LogP contribution in [0.1, 0.15) is 45.2 Å². The van der Waals surface area contributed by atoms with Crippen LogP contribution >= 0.6 is 0 Å². The highest BCUT2D eigenvalue weighted by atomic mass is 16.5. The summed E-state index contributed by atoms with van der Waals surface area (Å²) in [6, 6.07) is 0. The van der Waals surface area contributed by atoms with Gasteiger partial charge in [0.25, 0.3) is 0 Å². The highest BCUT2D eigenvalue weighted by Crippen LogP contribution is 2.19. The zero-order chi connectivity index (χ0) is 16.9. The molecule has 0 spiro atoms. The highest BCUT2D eigenvalue weighted by Gasteiger charge is 2.21. The lowest BCUT2D eigenvalue weighted by molar-refractivity contribution is 0.318. The van der Waals surface area contributed by atoms with Crippen LogP contribution in [-0.2, 0) is 25.6 Å². The van der Waals surface area contributed by atoms with Crippen LogP contribution in [0, 0.1) is 0 Å². The van der Waals surface area contributed by atoms with Crippen molar-refractivity contribution in [3.63, 3.8) is 0 Å². The minimum absolute atomic E-state index is 0.164. The van der Waals surface area contributed by atoms with E-state index in [0.29, 0.717) is 30.8 Å². The Morgan fingerprint density at radius 1 is 1.35 bits per heavy atom. The molecule has 2 rings (SSSR count). The van der Waals surface area contributed by atoms with E-state index in [0.717, 1.165) is 12.4 Å². The molecule has 0 aliphatic carbocycles. The molecule has 2 aromatic rings. The SMILES string of the molecule is CCNC(=NCc1noc(C(C)(C)C)n1)NCc1ncnn1C. The second-order valence-corrected chi connectivity index (χ2v) is 6.11. The van der Waals surface area contributed by atoms with Crippen molar-refractivity contribution in [3.05, 3.63) is 23.9 Å². The molecule has 0 saturated carbocycles. The van der Waals surface area contributed by atoms with Crippen molar-refractivity contribution in [2.45, 2.75) is 46.2 Å². The summed E-state index contributed by atoms with van der Waals surface area (Å²) in [5.41, 5.74) is -0.164. The van der Waals surface area contributed by atoms with E-state index in [-0.39, 0.29) is 5.41 Å². The maximum absolute atomic E-state index is 5.26. The van der Waals surface area contributed by atoms with Crippen LogP contribution < -0.4 is 10.6 Å². The third kappa shape index (κ3) is 4.76. The van der Waals surface area contributed by atoms with E-state index in [1.54, 1.807) is 4.68 Å². The molecular formula is C14H24N8O. The molecule has 0 bridgehead atoms. The Labute approximate surface area is 135 Å². The number of guanidine groups is 1. The van der Waals surface area contributed by atoms with Crippen molar-refractivity contribution >= 4 is 5.96 Å². The first-order valence-corrected chi connectivity index (χ1v) is 7.58. The van der Waals surface area contributed by atoms with E-state index >= 15 is 0 Å². The minimum atomic E-state index is -0.164. The summed E-state index contributed by atoms with van der Waals surface area (Å²) in [5, 5.41) is 14.4. The number of hydrogen-bond donors (Lipinski definition) is 2. The molecule has 2 heterocycles. The summed E-state index contributed by atoms with van der Waals surface area (Å²) in [5.74, 6) is 2.66. The van der Waals surface area contributed by atoms with Gasteiger partial charge in [-0.25, -0.2) is 9.98 Å². The summed E-state index contributed by atoms with van der Waals surface area (Å²) in [6.07, 6.45) is 1.52. The van der Waals surface area contributed by atoms with Gasteiger partial charge in [0.2, 0.25) is 5.89 Å². The summed E-state index contributed by atoms with van der Waals surface area (Å²) < 4.78 is 6.98. The lowest BCUT2D eigenvalue weighted by atomic mass is 9.97.